The van der Waals surface area contributed by atoms with Crippen molar-refractivity contribution < 1.29 is 95.8 Å². The number of rotatable bonds is 8. The van der Waals surface area contributed by atoms with Crippen molar-refractivity contribution in [3.8, 4) is 22.3 Å². The highest BCUT2D eigenvalue weighted by molar-refractivity contribution is 9.10. The standard InChI is InChI=1S/C23H15ClF4N4O2.C16H28BNO4.C15H19FN2O2.C13H6ClF3N2O3.C10H11FN2.C5H3BrFN.ClH/c24-20-19(22(33)31-7-3-13(4-8-31)18-17(25)2-1-6-29-18)30-21-16(23(26,27)28)10-15(11-32(20)21)14-5-9-34-12-14;1-14(2,3)20-13(19)18-10-8-12(9-11-18)17-21-15(4,5)16(6,7)22-17;1-15(2,3)20-14(19)18-9-6-11(7-10-18)13-12(16)5-4-8-17-13;14-10-9(12(20)21)18-11-8(13(15,16)17)3-7(4-19(10)11)6-1-2-22-5-6;11-9-2-1-5-13-10(9)8-3-6-12-7-4-8;6-5-4(7)2-1-3-8-5;/h1-3,5-6,9-12H,4,7-8H2;8H,9-11H2,1-7H3;4-6,8H,7,9-10H2,1-3H3;1-5H,(H,20,21);1-3,5,12H,4,6-7H2;1-3H;1H. The van der Waals surface area contributed by atoms with E-state index in [1.54, 1.807) is 46.5 Å². The quantitative estimate of drug-likeness (QED) is 0.0814. The Labute approximate surface area is 708 Å². The van der Waals surface area contributed by atoms with Gasteiger partial charge >= 0.3 is 37.6 Å². The van der Waals surface area contributed by atoms with E-state index in [1.165, 1.54) is 97.2 Å². The molecule has 2 N–H and O–H groups in total. The molecule has 0 saturated carbocycles. The average Bonchev–Trinajstić information content (AvgIpc) is 1.59. The van der Waals surface area contributed by atoms with Gasteiger partial charge in [-0.15, -0.1) is 12.4 Å². The van der Waals surface area contributed by atoms with Gasteiger partial charge in [0.2, 0.25) is 0 Å². The second kappa shape index (κ2) is 39.4. The van der Waals surface area contributed by atoms with Crippen LogP contribution in [0.5, 0.6) is 0 Å². The van der Waals surface area contributed by atoms with E-state index in [2.05, 4.69) is 51.2 Å². The molecule has 3 amide bonds. The SMILES string of the molecule is CC(C)(C)OC(=O)N1CC=C(B2OC(C)(C)C(C)(C)O2)CC1.CC(C)(C)OC(=O)N1CC=C(c2ncccc2F)CC1.Cl.Fc1cccnc1Br.Fc1cccnc1C1=CCNCC1.O=C(O)c1nc2c(C(F)(F)F)cc(-c3ccoc3)cn2c1Cl.O=C(c1nc2c(C(F)(F)F)cc(-c3ccoc3)cn2c1Cl)N1CC=C(c2ncccc2F)CC1. The second-order valence-electron chi connectivity index (χ2n) is 30.1. The Bertz CT molecular complexity index is 5400. The van der Waals surface area contributed by atoms with E-state index in [-0.39, 0.29) is 106 Å². The van der Waals surface area contributed by atoms with Crippen LogP contribution >= 0.6 is 51.5 Å². The van der Waals surface area contributed by atoms with Gasteiger partial charge in [0.15, 0.2) is 28.5 Å². The fourth-order valence-electron chi connectivity index (χ4n) is 12.1. The fraction of sp³-hybridized carbons (Fsp3) is 0.341. The molecule has 0 unspecified atom stereocenters. The highest BCUT2D eigenvalue weighted by atomic mass is 79.9. The summed E-state index contributed by atoms with van der Waals surface area (Å²) < 4.78 is 169. The van der Waals surface area contributed by atoms with Gasteiger partial charge in [-0.3, -0.25) is 28.5 Å². The number of aromatic nitrogens is 8. The molecule has 0 aliphatic carbocycles. The maximum atomic E-state index is 14.0. The molecule has 120 heavy (non-hydrogen) atoms. The zero-order valence-corrected chi connectivity index (χ0v) is 70.3. The lowest BCUT2D eigenvalue weighted by atomic mass is 9.75. The smallest absolute Gasteiger partial charge is 0.476 e. The Hall–Kier alpha value is -10.4. The number of alkyl halides is 6. The van der Waals surface area contributed by atoms with Gasteiger partial charge in [0.05, 0.1) is 47.4 Å². The molecule has 638 valence electrons. The van der Waals surface area contributed by atoms with Crippen LogP contribution in [-0.4, -0.2) is 164 Å². The topological polar surface area (TPSA) is 260 Å². The number of carbonyl (C=O) groups excluding carboxylic acids is 3. The Morgan fingerprint density at radius 2 is 0.942 bits per heavy atom. The summed E-state index contributed by atoms with van der Waals surface area (Å²) in [4.78, 5) is 76.0. The third-order valence-electron chi connectivity index (χ3n) is 18.8. The van der Waals surface area contributed by atoms with Crippen molar-refractivity contribution in [2.75, 3.05) is 52.4 Å². The highest BCUT2D eigenvalue weighted by Crippen LogP contribution is 2.42. The third-order valence-corrected chi connectivity index (χ3v) is 20.1. The zero-order valence-electron chi connectivity index (χ0n) is 66.3. The van der Waals surface area contributed by atoms with Crippen molar-refractivity contribution in [1.29, 1.82) is 0 Å². The molecule has 1 saturated heterocycles. The number of furan rings is 2. The lowest BCUT2D eigenvalue weighted by molar-refractivity contribution is -0.137. The van der Waals surface area contributed by atoms with Crippen molar-refractivity contribution in [3.05, 3.63) is 243 Å². The van der Waals surface area contributed by atoms with Gasteiger partial charge in [-0.05, 0) is 212 Å². The molecule has 10 aromatic heterocycles. The minimum Gasteiger partial charge on any atom is -0.476 e. The molecular weight excluding hydrogens is 1720 g/mol. The lowest BCUT2D eigenvalue weighted by Crippen LogP contribution is -2.41. The van der Waals surface area contributed by atoms with E-state index in [4.69, 9.17) is 55.9 Å². The number of imidazole rings is 2. The van der Waals surface area contributed by atoms with Crippen LogP contribution in [0.3, 0.4) is 0 Å². The van der Waals surface area contributed by atoms with E-state index in [1.807, 2.05) is 87.5 Å². The molecule has 0 aromatic carbocycles. The maximum absolute atomic E-state index is 14.0. The molecule has 0 spiro atoms. The molecule has 1 fully saturated rings. The molecule has 0 radical (unpaired) electrons. The van der Waals surface area contributed by atoms with Crippen molar-refractivity contribution >= 4 is 111 Å². The maximum Gasteiger partial charge on any atom is 0.490 e. The lowest BCUT2D eigenvalue weighted by Gasteiger charge is -2.32. The molecule has 5 aliphatic rings. The normalized spacial score (nSPS) is 15.8. The molecule has 0 atom stereocenters. The fourth-order valence-corrected chi connectivity index (χ4v) is 12.9. The van der Waals surface area contributed by atoms with E-state index in [0.717, 1.165) is 63.5 Å². The molecule has 10 aromatic rings. The number of halogens is 14. The first-order chi connectivity index (χ1) is 56.0. The van der Waals surface area contributed by atoms with Crippen LogP contribution in [0.15, 0.2) is 178 Å². The molecule has 15 rings (SSSR count). The summed E-state index contributed by atoms with van der Waals surface area (Å²) in [5, 5.41) is 11.5. The Balaban J connectivity index is 0.000000171. The molecule has 38 heteroatoms. The van der Waals surface area contributed by atoms with Gasteiger partial charge in [-0.25, -0.2) is 46.9 Å². The van der Waals surface area contributed by atoms with E-state index < -0.39 is 74.5 Å². The first-order valence-electron chi connectivity index (χ1n) is 37.0. The average molecular weight is 1800 g/mol. The number of amides is 3. The molecular formula is C82H83BBrCl3F10N12O11. The van der Waals surface area contributed by atoms with Crippen LogP contribution < -0.4 is 5.32 Å². The van der Waals surface area contributed by atoms with Crippen molar-refractivity contribution in [1.82, 2.24) is 58.7 Å². The third kappa shape index (κ3) is 23.8. The summed E-state index contributed by atoms with van der Waals surface area (Å²) in [6, 6.07) is 16.5. The number of pyridine rings is 6. The number of hydrogen-bond acceptors (Lipinski definition) is 17. The summed E-state index contributed by atoms with van der Waals surface area (Å²) in [5.41, 5.74) is 0.150. The number of ether oxygens (including phenoxy) is 2. The first kappa shape index (κ1) is 93.4. The highest BCUT2D eigenvalue weighted by Gasteiger charge is 2.53. The van der Waals surface area contributed by atoms with Gasteiger partial charge in [-0.1, -0.05) is 47.5 Å². The zero-order chi connectivity index (χ0) is 86.7. The number of carboxylic acids is 1. The monoisotopic (exact) mass is 1800 g/mol. The molecule has 15 heterocycles. The minimum atomic E-state index is -4.73. The Morgan fingerprint density at radius 1 is 0.542 bits per heavy atom. The Morgan fingerprint density at radius 3 is 1.28 bits per heavy atom. The van der Waals surface area contributed by atoms with Crippen LogP contribution in [0.2, 0.25) is 10.3 Å². The summed E-state index contributed by atoms with van der Waals surface area (Å²) >= 11 is 15.1. The van der Waals surface area contributed by atoms with E-state index in [9.17, 15) is 63.1 Å². The van der Waals surface area contributed by atoms with Crippen LogP contribution in [0, 0.1) is 23.3 Å². The number of carboxylic acid groups (broad SMARTS) is 1. The first-order valence-corrected chi connectivity index (χ1v) is 38.6. The number of nitrogens with one attached hydrogen (secondary N) is 1. The van der Waals surface area contributed by atoms with Crippen LogP contribution in [0.1, 0.15) is 144 Å². The molecule has 0 bridgehead atoms. The van der Waals surface area contributed by atoms with E-state index in [0.29, 0.717) is 67.1 Å². The van der Waals surface area contributed by atoms with Crippen molar-refractivity contribution in [2.24, 2.45) is 0 Å². The predicted molar refractivity (Wildman–Crippen MR) is 435 cm³/mol. The number of aromatic carboxylic acids is 1. The molecule has 23 nitrogen and oxygen atoms in total. The summed E-state index contributed by atoms with van der Waals surface area (Å²) in [6.45, 7) is 23.4. The van der Waals surface area contributed by atoms with Crippen LogP contribution in [-0.2, 0) is 31.1 Å². The van der Waals surface area contributed by atoms with Gasteiger partial charge in [0.1, 0.15) is 60.6 Å². The Kier molecular flexibility index (Phi) is 30.7. The second-order valence-corrected chi connectivity index (χ2v) is 31.6. The largest absolute Gasteiger partial charge is 0.490 e. The number of fused-ring (bicyclic) bond motifs is 2. The predicted octanol–water partition coefficient (Wildman–Crippen LogP) is 20.1. The number of nitrogens with zero attached hydrogens (tertiary/aromatic N) is 11. The molecule has 5 aliphatic heterocycles. The van der Waals surface area contributed by atoms with Gasteiger partial charge < -0.3 is 52.7 Å². The van der Waals surface area contributed by atoms with Crippen molar-refractivity contribution in [2.45, 2.75) is 130 Å². The van der Waals surface area contributed by atoms with E-state index >= 15 is 0 Å². The van der Waals surface area contributed by atoms with Gasteiger partial charge in [-0.2, -0.15) is 26.3 Å². The number of hydrogen-bond donors (Lipinski definition) is 2. The minimum absolute atomic E-state index is 0. The van der Waals surface area contributed by atoms with Gasteiger partial charge in [0, 0.05) is 105 Å². The summed E-state index contributed by atoms with van der Waals surface area (Å²) in [7, 11) is -0.314. The van der Waals surface area contributed by atoms with Crippen LogP contribution in [0.4, 0.5) is 53.5 Å². The number of carbonyl (C=O) groups is 4. The summed E-state index contributed by atoms with van der Waals surface area (Å²) in [5.74, 6) is -3.48. The van der Waals surface area contributed by atoms with Crippen molar-refractivity contribution in [3.63, 3.8) is 0 Å². The van der Waals surface area contributed by atoms with Crippen LogP contribution in [0.25, 0.3) is 50.3 Å². The van der Waals surface area contributed by atoms with Gasteiger partial charge in [0.25, 0.3) is 5.91 Å². The summed E-state index contributed by atoms with van der Waals surface area (Å²) in [6.07, 6.45) is 14.0.